The van der Waals surface area contributed by atoms with Crippen molar-refractivity contribution in [3.8, 4) is 0 Å². The number of carboxylic acids is 1. The van der Waals surface area contributed by atoms with Crippen LogP contribution in [-0.2, 0) is 0 Å². The summed E-state index contributed by atoms with van der Waals surface area (Å²) in [6, 6.07) is 0.540. The molecule has 0 radical (unpaired) electrons. The topological polar surface area (TPSA) is 53.4 Å². The Balaban J connectivity index is 2.32. The third-order valence-corrected chi connectivity index (χ3v) is 4.83. The number of anilines is 1. The first kappa shape index (κ1) is 14.3. The van der Waals surface area contributed by atoms with Gasteiger partial charge in [0.2, 0.25) is 0 Å². The van der Waals surface area contributed by atoms with Gasteiger partial charge in [-0.2, -0.15) is 0 Å². The molecule has 5 heteroatoms. The average molecular weight is 282 g/mol. The minimum absolute atomic E-state index is 0.151. The Bertz CT molecular complexity index is 450. The van der Waals surface area contributed by atoms with Crippen LogP contribution in [0.4, 0.5) is 5.13 Å². The third kappa shape index (κ3) is 2.91. The fourth-order valence-corrected chi connectivity index (χ4v) is 3.95. The van der Waals surface area contributed by atoms with Crippen LogP contribution in [0.25, 0.3) is 0 Å². The summed E-state index contributed by atoms with van der Waals surface area (Å²) in [4.78, 5) is 18.6. The lowest BCUT2D eigenvalue weighted by Gasteiger charge is -2.26. The summed E-state index contributed by atoms with van der Waals surface area (Å²) in [5, 5.41) is 10.2. The highest BCUT2D eigenvalue weighted by Crippen LogP contribution is 2.34. The summed E-state index contributed by atoms with van der Waals surface area (Å²) in [6.07, 6.45) is 4.95. The second-order valence-electron chi connectivity index (χ2n) is 5.39. The first-order valence-electron chi connectivity index (χ1n) is 7.05. The number of hydrogen-bond acceptors (Lipinski definition) is 4. The molecule has 1 heterocycles. The fourth-order valence-electron chi connectivity index (χ4n) is 2.75. The first-order valence-corrected chi connectivity index (χ1v) is 7.86. The normalized spacial score (nSPS) is 16.2. The molecule has 0 atom stereocenters. The molecule has 0 aliphatic heterocycles. The molecule has 1 fully saturated rings. The third-order valence-electron chi connectivity index (χ3n) is 3.74. The van der Waals surface area contributed by atoms with Crippen molar-refractivity contribution in [3.05, 3.63) is 10.6 Å². The molecule has 0 saturated heterocycles. The number of aromatic nitrogens is 1. The van der Waals surface area contributed by atoms with Crippen LogP contribution in [0.5, 0.6) is 0 Å². The van der Waals surface area contributed by atoms with Gasteiger partial charge < -0.3 is 10.0 Å². The molecule has 0 amide bonds. The van der Waals surface area contributed by atoms with Gasteiger partial charge in [-0.1, -0.05) is 38.0 Å². The molecule has 1 aromatic rings. The Kier molecular flexibility index (Phi) is 4.45. The average Bonchev–Trinajstić information content (AvgIpc) is 2.98. The molecule has 106 valence electrons. The first-order chi connectivity index (χ1) is 9.04. The van der Waals surface area contributed by atoms with E-state index in [0.29, 0.717) is 10.9 Å². The van der Waals surface area contributed by atoms with Gasteiger partial charge in [0.15, 0.2) is 5.13 Å². The van der Waals surface area contributed by atoms with E-state index in [1.807, 2.05) is 13.8 Å². The largest absolute Gasteiger partial charge is 0.477 e. The molecule has 0 unspecified atom stereocenters. The number of nitrogens with zero attached hydrogens (tertiary/aromatic N) is 2. The maximum atomic E-state index is 11.3. The molecule has 1 N–H and O–H groups in total. The van der Waals surface area contributed by atoms with Gasteiger partial charge in [-0.25, -0.2) is 9.78 Å². The molecule has 0 aromatic carbocycles. The van der Waals surface area contributed by atoms with Crippen LogP contribution in [0.15, 0.2) is 0 Å². The SMILES string of the molecule is CCN(c1nc(C(C)C)c(C(=O)O)s1)C1CCCC1. The van der Waals surface area contributed by atoms with E-state index in [1.165, 1.54) is 37.0 Å². The van der Waals surface area contributed by atoms with Crippen molar-refractivity contribution >= 4 is 22.4 Å². The second kappa shape index (κ2) is 5.90. The lowest BCUT2D eigenvalue weighted by atomic mass is 10.1. The molecule has 0 bridgehead atoms. The van der Waals surface area contributed by atoms with Crippen molar-refractivity contribution < 1.29 is 9.90 Å². The Hall–Kier alpha value is -1.10. The van der Waals surface area contributed by atoms with Crippen LogP contribution < -0.4 is 4.90 Å². The standard InChI is InChI=1S/C14H22N2O2S/c1-4-16(10-7-5-6-8-10)14-15-11(9(2)3)12(19-14)13(17)18/h9-10H,4-8H2,1-3H3,(H,17,18). The Morgan fingerprint density at radius 2 is 2.11 bits per heavy atom. The quantitative estimate of drug-likeness (QED) is 0.894. The minimum atomic E-state index is -0.852. The summed E-state index contributed by atoms with van der Waals surface area (Å²) in [6.45, 7) is 7.01. The van der Waals surface area contributed by atoms with E-state index < -0.39 is 5.97 Å². The van der Waals surface area contributed by atoms with Crippen molar-refractivity contribution in [2.24, 2.45) is 0 Å². The smallest absolute Gasteiger partial charge is 0.347 e. The number of thiazole rings is 1. The molecule has 1 aromatic heterocycles. The highest BCUT2D eigenvalue weighted by atomic mass is 32.1. The summed E-state index contributed by atoms with van der Waals surface area (Å²) in [5.74, 6) is -0.701. The molecule has 0 spiro atoms. The van der Waals surface area contributed by atoms with Gasteiger partial charge >= 0.3 is 5.97 Å². The molecule has 1 aliphatic carbocycles. The molecular weight excluding hydrogens is 260 g/mol. The van der Waals surface area contributed by atoms with Crippen LogP contribution in [0.3, 0.4) is 0 Å². The van der Waals surface area contributed by atoms with Gasteiger partial charge in [0.1, 0.15) is 4.88 Å². The Morgan fingerprint density at radius 1 is 1.47 bits per heavy atom. The zero-order chi connectivity index (χ0) is 14.0. The van der Waals surface area contributed by atoms with E-state index in [0.717, 1.165) is 17.4 Å². The van der Waals surface area contributed by atoms with Gasteiger partial charge in [0.05, 0.1) is 5.69 Å². The lowest BCUT2D eigenvalue weighted by Crippen LogP contribution is -2.32. The van der Waals surface area contributed by atoms with E-state index in [-0.39, 0.29) is 5.92 Å². The monoisotopic (exact) mass is 282 g/mol. The van der Waals surface area contributed by atoms with Crippen molar-refractivity contribution in [2.45, 2.75) is 58.4 Å². The zero-order valence-electron chi connectivity index (χ0n) is 11.8. The van der Waals surface area contributed by atoms with Gasteiger partial charge in [-0.05, 0) is 25.7 Å². The Labute approximate surface area is 118 Å². The van der Waals surface area contributed by atoms with E-state index in [1.54, 1.807) is 0 Å². The summed E-state index contributed by atoms with van der Waals surface area (Å²) in [5.41, 5.74) is 0.726. The summed E-state index contributed by atoms with van der Waals surface area (Å²) >= 11 is 1.33. The molecule has 2 rings (SSSR count). The van der Waals surface area contributed by atoms with Crippen molar-refractivity contribution in [1.82, 2.24) is 4.98 Å². The van der Waals surface area contributed by atoms with E-state index >= 15 is 0 Å². The van der Waals surface area contributed by atoms with Crippen LogP contribution >= 0.6 is 11.3 Å². The molecule has 1 saturated carbocycles. The summed E-state index contributed by atoms with van der Waals surface area (Å²) in [7, 11) is 0. The molecule has 1 aliphatic rings. The predicted octanol–water partition coefficient (Wildman–Crippen LogP) is 3.73. The molecular formula is C14H22N2O2S. The predicted molar refractivity (Wildman–Crippen MR) is 78.4 cm³/mol. The number of carbonyl (C=O) groups is 1. The zero-order valence-corrected chi connectivity index (χ0v) is 12.7. The maximum absolute atomic E-state index is 11.3. The van der Waals surface area contributed by atoms with Crippen LogP contribution in [0.2, 0.25) is 0 Å². The number of carboxylic acid groups (broad SMARTS) is 1. The van der Waals surface area contributed by atoms with Gasteiger partial charge in [0.25, 0.3) is 0 Å². The minimum Gasteiger partial charge on any atom is -0.477 e. The van der Waals surface area contributed by atoms with Crippen LogP contribution in [0.1, 0.15) is 67.7 Å². The maximum Gasteiger partial charge on any atom is 0.347 e. The fraction of sp³-hybridized carbons (Fsp3) is 0.714. The van der Waals surface area contributed by atoms with Crippen LogP contribution in [-0.4, -0.2) is 28.6 Å². The summed E-state index contributed by atoms with van der Waals surface area (Å²) < 4.78 is 0. The van der Waals surface area contributed by atoms with Gasteiger partial charge in [0, 0.05) is 12.6 Å². The van der Waals surface area contributed by atoms with Gasteiger partial charge in [-0.3, -0.25) is 0 Å². The lowest BCUT2D eigenvalue weighted by molar-refractivity contribution is 0.0700. The van der Waals surface area contributed by atoms with Crippen LogP contribution in [0, 0.1) is 0 Å². The van der Waals surface area contributed by atoms with E-state index in [2.05, 4.69) is 16.8 Å². The van der Waals surface area contributed by atoms with E-state index in [4.69, 9.17) is 0 Å². The van der Waals surface area contributed by atoms with E-state index in [9.17, 15) is 9.90 Å². The number of hydrogen-bond donors (Lipinski definition) is 1. The number of rotatable bonds is 5. The van der Waals surface area contributed by atoms with Crippen molar-refractivity contribution in [1.29, 1.82) is 0 Å². The molecule has 4 nitrogen and oxygen atoms in total. The highest BCUT2D eigenvalue weighted by Gasteiger charge is 2.27. The highest BCUT2D eigenvalue weighted by molar-refractivity contribution is 7.17. The Morgan fingerprint density at radius 3 is 2.53 bits per heavy atom. The van der Waals surface area contributed by atoms with Crippen molar-refractivity contribution in [2.75, 3.05) is 11.4 Å². The molecule has 19 heavy (non-hydrogen) atoms. The van der Waals surface area contributed by atoms with Gasteiger partial charge in [-0.15, -0.1) is 0 Å². The second-order valence-corrected chi connectivity index (χ2v) is 6.37. The van der Waals surface area contributed by atoms with Crippen molar-refractivity contribution in [3.63, 3.8) is 0 Å². The number of aromatic carboxylic acids is 1.